The molecule has 0 N–H and O–H groups in total. The smallest absolute Gasteiger partial charge is 0.191 e. The standard InChI is InChI=1S/C5H8OS2/c1-3-5(7)8-4(2)6/h3H2,1-2H3. The first-order chi connectivity index (χ1) is 3.66. The molecule has 0 aliphatic heterocycles. The van der Waals surface area contributed by atoms with Crippen molar-refractivity contribution in [1.29, 1.82) is 0 Å². The highest BCUT2D eigenvalue weighted by molar-refractivity contribution is 8.32. The van der Waals surface area contributed by atoms with Crippen molar-refractivity contribution in [3.8, 4) is 0 Å². The maximum absolute atomic E-state index is 10.3. The van der Waals surface area contributed by atoms with Gasteiger partial charge in [-0.3, -0.25) is 4.79 Å². The number of carbonyl (C=O) groups excluding carboxylic acids is 1. The Kier molecular flexibility index (Phi) is 4.09. The van der Waals surface area contributed by atoms with Crippen molar-refractivity contribution in [2.45, 2.75) is 20.3 Å². The monoisotopic (exact) mass is 148 g/mol. The summed E-state index contributed by atoms with van der Waals surface area (Å²) >= 11 is 5.92. The second-order valence-electron chi connectivity index (χ2n) is 1.32. The molecule has 0 aromatic rings. The van der Waals surface area contributed by atoms with Crippen LogP contribution in [0.3, 0.4) is 0 Å². The van der Waals surface area contributed by atoms with E-state index >= 15 is 0 Å². The maximum atomic E-state index is 10.3. The van der Waals surface area contributed by atoms with Crippen LogP contribution in [0.5, 0.6) is 0 Å². The van der Waals surface area contributed by atoms with Gasteiger partial charge in [-0.2, -0.15) is 0 Å². The first-order valence-corrected chi connectivity index (χ1v) is 3.60. The highest BCUT2D eigenvalue weighted by Crippen LogP contribution is 2.07. The third-order valence-electron chi connectivity index (χ3n) is 0.546. The SMILES string of the molecule is CCC(=S)SC(C)=O. The van der Waals surface area contributed by atoms with Gasteiger partial charge < -0.3 is 0 Å². The molecule has 0 aromatic heterocycles. The molecule has 0 bridgehead atoms. The van der Waals surface area contributed by atoms with Gasteiger partial charge in [0.1, 0.15) is 0 Å². The second kappa shape index (κ2) is 4.04. The van der Waals surface area contributed by atoms with Gasteiger partial charge >= 0.3 is 0 Å². The summed E-state index contributed by atoms with van der Waals surface area (Å²) in [4.78, 5) is 10.3. The molecule has 0 aliphatic carbocycles. The lowest BCUT2D eigenvalue weighted by Gasteiger charge is -1.90. The van der Waals surface area contributed by atoms with Gasteiger partial charge in [-0.1, -0.05) is 19.1 Å². The van der Waals surface area contributed by atoms with E-state index in [-0.39, 0.29) is 5.12 Å². The number of rotatable bonds is 1. The number of hydrogen-bond donors (Lipinski definition) is 0. The molecule has 46 valence electrons. The Labute approximate surface area is 58.8 Å². The second-order valence-corrected chi connectivity index (χ2v) is 3.34. The van der Waals surface area contributed by atoms with Gasteiger partial charge in [0.05, 0.1) is 4.20 Å². The van der Waals surface area contributed by atoms with E-state index < -0.39 is 0 Å². The third-order valence-corrected chi connectivity index (χ3v) is 1.89. The molecule has 0 saturated heterocycles. The van der Waals surface area contributed by atoms with E-state index in [0.29, 0.717) is 0 Å². The Morgan fingerprint density at radius 2 is 2.25 bits per heavy atom. The number of hydrogen-bond acceptors (Lipinski definition) is 3. The van der Waals surface area contributed by atoms with Gasteiger partial charge in [-0.25, -0.2) is 0 Å². The van der Waals surface area contributed by atoms with E-state index in [4.69, 9.17) is 12.2 Å². The van der Waals surface area contributed by atoms with E-state index in [1.165, 1.54) is 6.92 Å². The lowest BCUT2D eigenvalue weighted by molar-refractivity contribution is -0.109. The molecule has 0 fully saturated rings. The molecule has 1 nitrogen and oxygen atoms in total. The van der Waals surface area contributed by atoms with E-state index in [2.05, 4.69) is 0 Å². The Hall–Kier alpha value is 0.110. The summed E-state index contributed by atoms with van der Waals surface area (Å²) in [6.45, 7) is 3.46. The van der Waals surface area contributed by atoms with Crippen molar-refractivity contribution in [3.63, 3.8) is 0 Å². The lowest BCUT2D eigenvalue weighted by Crippen LogP contribution is -1.88. The predicted octanol–water partition coefficient (Wildman–Crippen LogP) is 2.00. The van der Waals surface area contributed by atoms with Crippen LogP contribution < -0.4 is 0 Å². The van der Waals surface area contributed by atoms with Gasteiger partial charge in [-0.05, 0) is 18.2 Å². The molecule has 0 aromatic carbocycles. The van der Waals surface area contributed by atoms with Crippen LogP contribution >= 0.6 is 24.0 Å². The van der Waals surface area contributed by atoms with E-state index in [1.807, 2.05) is 6.92 Å². The summed E-state index contributed by atoms with van der Waals surface area (Å²) in [6.07, 6.45) is 0.805. The molecule has 8 heavy (non-hydrogen) atoms. The first-order valence-electron chi connectivity index (χ1n) is 2.38. The fraction of sp³-hybridized carbons (Fsp3) is 0.600. The summed E-state index contributed by atoms with van der Waals surface area (Å²) in [5, 5.41) is 0.0804. The molecule has 0 rings (SSSR count). The van der Waals surface area contributed by atoms with Crippen molar-refractivity contribution in [2.24, 2.45) is 0 Å². The van der Waals surface area contributed by atoms with Crippen molar-refractivity contribution in [1.82, 2.24) is 0 Å². The highest BCUT2D eigenvalue weighted by atomic mass is 32.2. The van der Waals surface area contributed by atoms with Gasteiger partial charge in [0.25, 0.3) is 0 Å². The highest BCUT2D eigenvalue weighted by Gasteiger charge is 1.96. The maximum Gasteiger partial charge on any atom is 0.191 e. The van der Waals surface area contributed by atoms with E-state index in [0.717, 1.165) is 22.4 Å². The molecule has 3 heteroatoms. The molecular weight excluding hydrogens is 140 g/mol. The average Bonchev–Trinajstić information content (AvgIpc) is 1.65. The van der Waals surface area contributed by atoms with Crippen LogP contribution in [-0.2, 0) is 4.79 Å². The Balaban J connectivity index is 3.40. The number of thioether (sulfide) groups is 1. The molecular formula is C5H8OS2. The van der Waals surface area contributed by atoms with Crippen molar-refractivity contribution < 1.29 is 4.79 Å². The molecule has 0 unspecified atom stereocenters. The molecule has 0 radical (unpaired) electrons. The largest absolute Gasteiger partial charge is 0.287 e. The quantitative estimate of drug-likeness (QED) is 0.529. The molecule has 0 atom stereocenters. The molecule has 0 saturated carbocycles. The zero-order valence-electron chi connectivity index (χ0n) is 4.93. The van der Waals surface area contributed by atoms with Crippen LogP contribution in [-0.4, -0.2) is 9.31 Å². The minimum atomic E-state index is 0.0804. The van der Waals surface area contributed by atoms with Gasteiger partial charge in [0.15, 0.2) is 5.12 Å². The summed E-state index contributed by atoms with van der Waals surface area (Å²) in [5.74, 6) is 0. The van der Waals surface area contributed by atoms with Crippen LogP contribution in [0, 0.1) is 0 Å². The summed E-state index contributed by atoms with van der Waals surface area (Å²) in [6, 6.07) is 0. The van der Waals surface area contributed by atoms with E-state index in [9.17, 15) is 4.79 Å². The fourth-order valence-corrected chi connectivity index (χ4v) is 1.05. The van der Waals surface area contributed by atoms with Crippen LogP contribution in [0.4, 0.5) is 0 Å². The summed E-state index contributed by atoms with van der Waals surface area (Å²) < 4.78 is 0.775. The van der Waals surface area contributed by atoms with Crippen LogP contribution in [0.15, 0.2) is 0 Å². The Morgan fingerprint density at radius 3 is 2.38 bits per heavy atom. The van der Waals surface area contributed by atoms with Crippen molar-refractivity contribution >= 4 is 33.3 Å². The number of carbonyl (C=O) groups is 1. The summed E-state index contributed by atoms with van der Waals surface area (Å²) in [5.41, 5.74) is 0. The first kappa shape index (κ1) is 8.11. The van der Waals surface area contributed by atoms with Gasteiger partial charge in [0, 0.05) is 6.92 Å². The predicted molar refractivity (Wildman–Crippen MR) is 41.2 cm³/mol. The van der Waals surface area contributed by atoms with Gasteiger partial charge in [0.2, 0.25) is 0 Å². The average molecular weight is 148 g/mol. The lowest BCUT2D eigenvalue weighted by atomic mass is 10.6. The zero-order valence-corrected chi connectivity index (χ0v) is 6.56. The van der Waals surface area contributed by atoms with Crippen LogP contribution in [0.25, 0.3) is 0 Å². The molecule has 0 aliphatic rings. The van der Waals surface area contributed by atoms with Crippen molar-refractivity contribution in [3.05, 3.63) is 0 Å². The van der Waals surface area contributed by atoms with E-state index in [1.54, 1.807) is 0 Å². The summed E-state index contributed by atoms with van der Waals surface area (Å²) in [7, 11) is 0. The topological polar surface area (TPSA) is 17.1 Å². The zero-order chi connectivity index (χ0) is 6.57. The Bertz CT molecular complexity index is 109. The molecule has 0 amide bonds. The van der Waals surface area contributed by atoms with Crippen LogP contribution in [0.1, 0.15) is 20.3 Å². The minimum absolute atomic E-state index is 0.0804. The molecule has 0 spiro atoms. The van der Waals surface area contributed by atoms with Crippen molar-refractivity contribution in [2.75, 3.05) is 0 Å². The third kappa shape index (κ3) is 4.27. The Morgan fingerprint density at radius 1 is 1.75 bits per heavy atom. The normalized spacial score (nSPS) is 8.75. The molecule has 0 heterocycles. The number of thiocarbonyl (C=S) groups is 1. The van der Waals surface area contributed by atoms with Gasteiger partial charge in [-0.15, -0.1) is 0 Å². The van der Waals surface area contributed by atoms with Crippen LogP contribution in [0.2, 0.25) is 0 Å². The minimum Gasteiger partial charge on any atom is -0.287 e. The fourth-order valence-electron chi connectivity index (χ4n) is 0.232.